The number of nitrogens with two attached hydrogens (primary N) is 1. The third-order valence-electron chi connectivity index (χ3n) is 1.46. The van der Waals surface area contributed by atoms with Crippen LogP contribution in [-0.2, 0) is 11.2 Å². The zero-order chi connectivity index (χ0) is 9.84. The van der Waals surface area contributed by atoms with Crippen LogP contribution in [0.3, 0.4) is 0 Å². The number of nitroso groups, excluding NO2 is 1. The predicted octanol–water partition coefficient (Wildman–Crippen LogP) is -0.633. The van der Waals surface area contributed by atoms with E-state index in [1.807, 2.05) is 0 Å². The van der Waals surface area contributed by atoms with Crippen molar-refractivity contribution < 1.29 is 9.90 Å². The number of aliphatic carboxylic acids is 1. The summed E-state index contributed by atoms with van der Waals surface area (Å²) in [7, 11) is 0. The minimum Gasteiger partial charge on any atom is -0.480 e. The first-order valence-corrected chi connectivity index (χ1v) is 3.48. The van der Waals surface area contributed by atoms with E-state index in [4.69, 9.17) is 10.8 Å². The monoisotopic (exact) mass is 184 g/mol. The van der Waals surface area contributed by atoms with Crippen LogP contribution in [0.5, 0.6) is 0 Å². The van der Waals surface area contributed by atoms with Crippen molar-refractivity contribution in [3.8, 4) is 0 Å². The van der Waals surface area contributed by atoms with Gasteiger partial charge in [-0.15, -0.1) is 4.91 Å². The summed E-state index contributed by atoms with van der Waals surface area (Å²) in [6.45, 7) is 0. The number of nitrogens with zero attached hydrogens (tertiary/aromatic N) is 3. The van der Waals surface area contributed by atoms with Gasteiger partial charge in [-0.25, -0.2) is 4.98 Å². The Morgan fingerprint density at radius 3 is 3.00 bits per heavy atom. The van der Waals surface area contributed by atoms with Gasteiger partial charge in [-0.2, -0.15) is 4.68 Å². The maximum absolute atomic E-state index is 10.3. The van der Waals surface area contributed by atoms with Gasteiger partial charge in [0.1, 0.15) is 12.4 Å². The highest BCUT2D eigenvalue weighted by Crippen LogP contribution is 1.99. The molecule has 0 aliphatic heterocycles. The van der Waals surface area contributed by atoms with Crippen LogP contribution >= 0.6 is 0 Å². The van der Waals surface area contributed by atoms with Crippen molar-refractivity contribution in [2.24, 2.45) is 11.0 Å². The van der Waals surface area contributed by atoms with E-state index in [2.05, 4.69) is 10.3 Å². The van der Waals surface area contributed by atoms with E-state index in [1.165, 1.54) is 12.5 Å². The lowest BCUT2D eigenvalue weighted by Crippen LogP contribution is -2.32. The number of rotatable bonds is 4. The second-order valence-corrected chi connectivity index (χ2v) is 2.48. The molecule has 1 aromatic heterocycles. The summed E-state index contributed by atoms with van der Waals surface area (Å²) >= 11 is 0. The molecule has 3 N–H and O–H groups in total. The maximum Gasteiger partial charge on any atom is 0.320 e. The average molecular weight is 184 g/mol. The van der Waals surface area contributed by atoms with Gasteiger partial charge in [-0.05, 0) is 0 Å². The Kier molecular flexibility index (Phi) is 2.70. The summed E-state index contributed by atoms with van der Waals surface area (Å²) in [5.74, 6) is -1.10. The Hall–Kier alpha value is -1.76. The zero-order valence-corrected chi connectivity index (χ0v) is 6.62. The van der Waals surface area contributed by atoms with Crippen molar-refractivity contribution >= 4 is 5.97 Å². The zero-order valence-electron chi connectivity index (χ0n) is 6.62. The Balaban J connectivity index is 2.63. The molecule has 0 unspecified atom stereocenters. The summed E-state index contributed by atoms with van der Waals surface area (Å²) in [6.07, 6.45) is 2.60. The van der Waals surface area contributed by atoms with E-state index in [0.717, 1.165) is 4.68 Å². The van der Waals surface area contributed by atoms with Gasteiger partial charge in [0.05, 0.1) is 17.2 Å². The number of imidazole rings is 1. The van der Waals surface area contributed by atoms with E-state index in [9.17, 15) is 9.70 Å². The third-order valence-corrected chi connectivity index (χ3v) is 1.46. The summed E-state index contributed by atoms with van der Waals surface area (Å²) in [5.41, 5.74) is 5.67. The molecule has 0 saturated heterocycles. The molecule has 0 aliphatic rings. The van der Waals surface area contributed by atoms with Crippen LogP contribution in [0.25, 0.3) is 0 Å². The van der Waals surface area contributed by atoms with Crippen LogP contribution in [0.4, 0.5) is 0 Å². The van der Waals surface area contributed by atoms with E-state index in [-0.39, 0.29) is 6.42 Å². The molecule has 7 heteroatoms. The summed E-state index contributed by atoms with van der Waals surface area (Å²) in [4.78, 5) is 24.0. The van der Waals surface area contributed by atoms with Crippen LogP contribution in [0.15, 0.2) is 17.8 Å². The molecular formula is C6H8N4O3. The van der Waals surface area contributed by atoms with Crippen molar-refractivity contribution in [1.29, 1.82) is 0 Å². The normalized spacial score (nSPS) is 12.4. The van der Waals surface area contributed by atoms with Crippen molar-refractivity contribution in [2.75, 3.05) is 0 Å². The van der Waals surface area contributed by atoms with Crippen molar-refractivity contribution in [2.45, 2.75) is 12.5 Å². The van der Waals surface area contributed by atoms with Crippen LogP contribution in [0.1, 0.15) is 5.69 Å². The molecule has 0 amide bonds. The Bertz CT molecular complexity index is 321. The first kappa shape index (κ1) is 9.33. The molecule has 1 rings (SSSR count). The molecule has 1 aromatic rings. The highest BCUT2D eigenvalue weighted by Gasteiger charge is 2.13. The standard InChI is InChI=1S/C6H8N4O3/c7-5(6(11)12)1-4-2-10(9-13)3-8-4/h2-3,5H,1,7H2,(H,11,12)/t5-/m0/s1. The van der Waals surface area contributed by atoms with Gasteiger partial charge in [-0.3, -0.25) is 4.79 Å². The lowest BCUT2D eigenvalue weighted by Gasteiger charge is -2.01. The smallest absolute Gasteiger partial charge is 0.320 e. The van der Waals surface area contributed by atoms with E-state index < -0.39 is 12.0 Å². The van der Waals surface area contributed by atoms with Gasteiger partial charge >= 0.3 is 5.97 Å². The van der Waals surface area contributed by atoms with Crippen LogP contribution in [-0.4, -0.2) is 26.8 Å². The van der Waals surface area contributed by atoms with E-state index in [0.29, 0.717) is 5.69 Å². The van der Waals surface area contributed by atoms with Gasteiger partial charge in [0.2, 0.25) is 0 Å². The lowest BCUT2D eigenvalue weighted by atomic mass is 10.2. The third kappa shape index (κ3) is 2.34. The maximum atomic E-state index is 10.3. The highest BCUT2D eigenvalue weighted by atomic mass is 16.4. The van der Waals surface area contributed by atoms with Crippen LogP contribution < -0.4 is 5.73 Å². The fraction of sp³-hybridized carbons (Fsp3) is 0.333. The number of hydrogen-bond donors (Lipinski definition) is 2. The molecular weight excluding hydrogens is 176 g/mol. The molecule has 0 bridgehead atoms. The number of carboxylic acid groups (broad SMARTS) is 1. The lowest BCUT2D eigenvalue weighted by molar-refractivity contribution is -0.138. The summed E-state index contributed by atoms with van der Waals surface area (Å²) in [6, 6.07) is -1.00. The fourth-order valence-corrected chi connectivity index (χ4v) is 0.815. The van der Waals surface area contributed by atoms with Crippen LogP contribution in [0, 0.1) is 4.91 Å². The molecule has 13 heavy (non-hydrogen) atoms. The predicted molar refractivity (Wildman–Crippen MR) is 42.7 cm³/mol. The highest BCUT2D eigenvalue weighted by molar-refractivity contribution is 5.73. The van der Waals surface area contributed by atoms with Crippen molar-refractivity contribution in [3.05, 3.63) is 23.1 Å². The minimum atomic E-state index is -1.10. The van der Waals surface area contributed by atoms with Gasteiger partial charge in [0.25, 0.3) is 0 Å². The summed E-state index contributed by atoms with van der Waals surface area (Å²) in [5, 5.41) is 11.0. The number of carboxylic acids is 1. The molecule has 70 valence electrons. The van der Waals surface area contributed by atoms with Gasteiger partial charge < -0.3 is 10.8 Å². The molecule has 0 fully saturated rings. The number of hydrogen-bond acceptors (Lipinski definition) is 5. The van der Waals surface area contributed by atoms with Crippen molar-refractivity contribution in [1.82, 2.24) is 9.66 Å². The molecule has 0 spiro atoms. The minimum absolute atomic E-state index is 0.0812. The largest absolute Gasteiger partial charge is 0.480 e. The quantitative estimate of drug-likeness (QED) is 0.605. The van der Waals surface area contributed by atoms with Gasteiger partial charge in [0.15, 0.2) is 0 Å². The first-order valence-electron chi connectivity index (χ1n) is 3.48. The fourth-order valence-electron chi connectivity index (χ4n) is 0.815. The Morgan fingerprint density at radius 1 is 1.85 bits per heavy atom. The molecule has 1 heterocycles. The number of aromatic nitrogens is 2. The second-order valence-electron chi connectivity index (χ2n) is 2.48. The summed E-state index contributed by atoms with van der Waals surface area (Å²) < 4.78 is 0.948. The number of carbonyl (C=O) groups is 1. The van der Waals surface area contributed by atoms with Gasteiger partial charge in [0, 0.05) is 6.42 Å². The van der Waals surface area contributed by atoms with Gasteiger partial charge in [-0.1, -0.05) is 0 Å². The second kappa shape index (κ2) is 3.76. The molecule has 0 radical (unpaired) electrons. The first-order chi connectivity index (χ1) is 6.13. The molecule has 0 aromatic carbocycles. The topological polar surface area (TPSA) is 111 Å². The molecule has 0 saturated carbocycles. The average Bonchev–Trinajstić information content (AvgIpc) is 2.52. The molecule has 7 nitrogen and oxygen atoms in total. The Labute approximate surface area is 73.1 Å². The Morgan fingerprint density at radius 2 is 2.54 bits per heavy atom. The molecule has 0 aliphatic carbocycles. The van der Waals surface area contributed by atoms with Crippen LogP contribution in [0.2, 0.25) is 0 Å². The van der Waals surface area contributed by atoms with E-state index >= 15 is 0 Å². The van der Waals surface area contributed by atoms with Crippen molar-refractivity contribution in [3.63, 3.8) is 0 Å². The SMILES string of the molecule is N[C@@H](Cc1cn(N=O)cn1)C(=O)O. The van der Waals surface area contributed by atoms with E-state index in [1.54, 1.807) is 0 Å². The molecule has 1 atom stereocenters.